The Morgan fingerprint density at radius 2 is 1.71 bits per heavy atom. The van der Waals surface area contributed by atoms with Crippen LogP contribution < -0.4 is 10.9 Å². The summed E-state index contributed by atoms with van der Waals surface area (Å²) in [5.41, 5.74) is 8.69. The predicted molar refractivity (Wildman–Crippen MR) is 117 cm³/mol. The molecule has 5 rings (SSSR count). The highest BCUT2D eigenvalue weighted by atomic mass is 16.5. The first-order chi connectivity index (χ1) is 15.2. The number of aromatic nitrogens is 2. The summed E-state index contributed by atoms with van der Waals surface area (Å²) in [5, 5.41) is 5.76. The van der Waals surface area contributed by atoms with E-state index in [9.17, 15) is 9.59 Å². The van der Waals surface area contributed by atoms with Gasteiger partial charge in [0.2, 0.25) is 5.91 Å². The molecule has 0 saturated heterocycles. The SMILES string of the molecule is O=C(Cc1c[nH]c2ccccc12)NNC(=O)c1ccc2noc(-c3ccccc3)c2c1. The molecule has 2 amide bonds. The van der Waals surface area contributed by atoms with E-state index >= 15 is 0 Å². The van der Waals surface area contributed by atoms with Crippen LogP contribution in [0.2, 0.25) is 0 Å². The van der Waals surface area contributed by atoms with Crippen LogP contribution >= 0.6 is 0 Å². The fraction of sp³-hybridized carbons (Fsp3) is 0.0417. The van der Waals surface area contributed by atoms with Gasteiger partial charge >= 0.3 is 0 Å². The lowest BCUT2D eigenvalue weighted by Gasteiger charge is -2.07. The topological polar surface area (TPSA) is 100 Å². The second kappa shape index (κ2) is 7.79. The van der Waals surface area contributed by atoms with Crippen molar-refractivity contribution >= 4 is 33.6 Å². The Bertz CT molecular complexity index is 1400. The van der Waals surface area contributed by atoms with Crippen LogP contribution in [0, 0.1) is 0 Å². The largest absolute Gasteiger partial charge is 0.361 e. The number of aromatic amines is 1. The number of para-hydroxylation sites is 1. The lowest BCUT2D eigenvalue weighted by molar-refractivity contribution is -0.121. The summed E-state index contributed by atoms with van der Waals surface area (Å²) in [4.78, 5) is 28.1. The highest BCUT2D eigenvalue weighted by molar-refractivity contribution is 6.01. The Hall–Kier alpha value is -4.39. The molecule has 2 aromatic heterocycles. The maximum absolute atomic E-state index is 12.6. The third-order valence-electron chi connectivity index (χ3n) is 5.12. The highest BCUT2D eigenvalue weighted by Crippen LogP contribution is 2.29. The number of nitrogens with one attached hydrogen (secondary N) is 3. The summed E-state index contributed by atoms with van der Waals surface area (Å²) >= 11 is 0. The molecule has 3 N–H and O–H groups in total. The van der Waals surface area contributed by atoms with Gasteiger partial charge in [-0.25, -0.2) is 0 Å². The molecule has 0 spiro atoms. The smallest absolute Gasteiger partial charge is 0.269 e. The molecule has 0 saturated carbocycles. The first-order valence-corrected chi connectivity index (χ1v) is 9.78. The molecule has 0 unspecified atom stereocenters. The van der Waals surface area contributed by atoms with Gasteiger partial charge in [-0.3, -0.25) is 20.4 Å². The molecular weight excluding hydrogens is 392 g/mol. The van der Waals surface area contributed by atoms with Gasteiger partial charge in [-0.1, -0.05) is 53.7 Å². The quantitative estimate of drug-likeness (QED) is 0.390. The van der Waals surface area contributed by atoms with Crippen molar-refractivity contribution in [3.8, 4) is 11.3 Å². The first kappa shape index (κ1) is 18.6. The molecule has 0 aliphatic carbocycles. The van der Waals surface area contributed by atoms with Crippen molar-refractivity contribution in [3.05, 3.63) is 90.1 Å². The van der Waals surface area contributed by atoms with Gasteiger partial charge in [-0.15, -0.1) is 0 Å². The van der Waals surface area contributed by atoms with Crippen LogP contribution in [0.3, 0.4) is 0 Å². The fourth-order valence-corrected chi connectivity index (χ4v) is 3.57. The van der Waals surface area contributed by atoms with Gasteiger partial charge in [0.05, 0.1) is 11.8 Å². The average molecular weight is 410 g/mol. The lowest BCUT2D eigenvalue weighted by atomic mass is 10.1. The third-order valence-corrected chi connectivity index (χ3v) is 5.12. The minimum Gasteiger partial charge on any atom is -0.361 e. The van der Waals surface area contributed by atoms with Crippen LogP contribution in [0.25, 0.3) is 33.1 Å². The van der Waals surface area contributed by atoms with Crippen molar-refractivity contribution < 1.29 is 14.1 Å². The van der Waals surface area contributed by atoms with Crippen LogP contribution in [0.5, 0.6) is 0 Å². The number of fused-ring (bicyclic) bond motifs is 2. The normalized spacial score (nSPS) is 11.0. The van der Waals surface area contributed by atoms with E-state index in [0.717, 1.165) is 27.4 Å². The minimum atomic E-state index is -0.422. The zero-order valence-electron chi connectivity index (χ0n) is 16.4. The van der Waals surface area contributed by atoms with Crippen molar-refractivity contribution in [1.82, 2.24) is 21.0 Å². The second-order valence-electron chi connectivity index (χ2n) is 7.15. The van der Waals surface area contributed by atoms with Crippen LogP contribution in [-0.4, -0.2) is 22.0 Å². The van der Waals surface area contributed by atoms with Crippen molar-refractivity contribution in [3.63, 3.8) is 0 Å². The highest BCUT2D eigenvalue weighted by Gasteiger charge is 2.15. The number of hydrogen-bond acceptors (Lipinski definition) is 4. The first-order valence-electron chi connectivity index (χ1n) is 9.78. The molecule has 0 atom stereocenters. The molecular formula is C24H18N4O3. The third kappa shape index (κ3) is 3.64. The molecule has 7 heteroatoms. The van der Waals surface area contributed by atoms with E-state index in [0.29, 0.717) is 16.8 Å². The average Bonchev–Trinajstić information content (AvgIpc) is 3.42. The van der Waals surface area contributed by atoms with E-state index in [-0.39, 0.29) is 12.3 Å². The zero-order valence-corrected chi connectivity index (χ0v) is 16.4. The molecule has 0 bridgehead atoms. The van der Waals surface area contributed by atoms with Crippen LogP contribution in [0.4, 0.5) is 0 Å². The van der Waals surface area contributed by atoms with Gasteiger partial charge in [-0.05, 0) is 29.8 Å². The fourth-order valence-electron chi connectivity index (χ4n) is 3.57. The van der Waals surface area contributed by atoms with E-state index in [1.165, 1.54) is 0 Å². The Labute approximate surface area is 177 Å². The van der Waals surface area contributed by atoms with E-state index in [4.69, 9.17) is 4.52 Å². The number of H-pyrrole nitrogens is 1. The zero-order chi connectivity index (χ0) is 21.2. The van der Waals surface area contributed by atoms with Crippen LogP contribution in [0.15, 0.2) is 83.5 Å². The van der Waals surface area contributed by atoms with E-state index in [2.05, 4.69) is 21.0 Å². The number of amides is 2. The number of hydrogen-bond donors (Lipinski definition) is 3. The Kier molecular flexibility index (Phi) is 4.68. The van der Waals surface area contributed by atoms with Crippen molar-refractivity contribution in [2.75, 3.05) is 0 Å². The van der Waals surface area contributed by atoms with Crippen molar-refractivity contribution in [2.45, 2.75) is 6.42 Å². The van der Waals surface area contributed by atoms with Gasteiger partial charge in [0.25, 0.3) is 5.91 Å². The molecule has 2 heterocycles. The molecule has 0 aliphatic rings. The summed E-state index contributed by atoms with van der Waals surface area (Å²) in [6.45, 7) is 0. The number of carbonyl (C=O) groups excluding carboxylic acids is 2. The van der Waals surface area contributed by atoms with E-state index in [1.807, 2.05) is 54.6 Å². The molecule has 3 aromatic carbocycles. The Morgan fingerprint density at radius 1 is 0.903 bits per heavy atom. The van der Waals surface area contributed by atoms with Gasteiger partial charge in [0.1, 0.15) is 5.52 Å². The van der Waals surface area contributed by atoms with Gasteiger partial charge in [0.15, 0.2) is 5.76 Å². The van der Waals surface area contributed by atoms with Crippen molar-refractivity contribution in [2.24, 2.45) is 0 Å². The minimum absolute atomic E-state index is 0.146. The second-order valence-corrected chi connectivity index (χ2v) is 7.15. The summed E-state index contributed by atoms with van der Waals surface area (Å²) in [5.74, 6) is -0.142. The Balaban J connectivity index is 1.29. The number of nitrogens with zero attached hydrogens (tertiary/aromatic N) is 1. The molecule has 31 heavy (non-hydrogen) atoms. The molecule has 5 aromatic rings. The summed E-state index contributed by atoms with van der Waals surface area (Å²) in [7, 11) is 0. The monoisotopic (exact) mass is 410 g/mol. The summed E-state index contributed by atoms with van der Waals surface area (Å²) in [6.07, 6.45) is 1.95. The van der Waals surface area contributed by atoms with Gasteiger partial charge < -0.3 is 9.51 Å². The molecule has 0 radical (unpaired) electrons. The van der Waals surface area contributed by atoms with E-state index < -0.39 is 5.91 Å². The molecule has 152 valence electrons. The van der Waals surface area contributed by atoms with Crippen molar-refractivity contribution in [1.29, 1.82) is 0 Å². The summed E-state index contributed by atoms with van der Waals surface area (Å²) < 4.78 is 5.47. The number of carbonyl (C=O) groups is 2. The maximum Gasteiger partial charge on any atom is 0.269 e. The van der Waals surface area contributed by atoms with E-state index in [1.54, 1.807) is 24.4 Å². The lowest BCUT2D eigenvalue weighted by Crippen LogP contribution is -2.42. The summed E-state index contributed by atoms with van der Waals surface area (Å²) in [6, 6.07) is 22.4. The standard InChI is InChI=1S/C24H18N4O3/c29-22(13-17-14-25-20-9-5-4-8-18(17)20)26-27-24(30)16-10-11-21-19(12-16)23(31-28-21)15-6-2-1-3-7-15/h1-12,14,25H,13H2,(H,26,29)(H,27,30). The molecule has 7 nitrogen and oxygen atoms in total. The van der Waals surface area contributed by atoms with Crippen LogP contribution in [-0.2, 0) is 11.2 Å². The maximum atomic E-state index is 12.6. The molecule has 0 fully saturated rings. The Morgan fingerprint density at radius 3 is 2.58 bits per heavy atom. The van der Waals surface area contributed by atoms with Gasteiger partial charge in [0, 0.05) is 28.2 Å². The predicted octanol–water partition coefficient (Wildman–Crippen LogP) is 3.98. The molecule has 0 aliphatic heterocycles. The van der Waals surface area contributed by atoms with Crippen LogP contribution in [0.1, 0.15) is 15.9 Å². The number of benzene rings is 3. The number of rotatable bonds is 4. The number of hydrazine groups is 1. The van der Waals surface area contributed by atoms with Gasteiger partial charge in [-0.2, -0.15) is 0 Å².